The van der Waals surface area contributed by atoms with Crippen LogP contribution < -0.4 is 10.2 Å². The Morgan fingerprint density at radius 3 is 2.64 bits per heavy atom. The maximum atomic E-state index is 12.2. The zero-order valence-electron chi connectivity index (χ0n) is 15.2. The molecule has 138 valence electrons. The van der Waals surface area contributed by atoms with Crippen LogP contribution in [0.3, 0.4) is 0 Å². The first-order valence-electron chi connectivity index (χ1n) is 9.44. The minimum absolute atomic E-state index is 0.0241. The Bertz CT molecular complexity index is 552. The number of amides is 1. The third kappa shape index (κ3) is 5.16. The second kappa shape index (κ2) is 8.15. The molecule has 2 fully saturated rings. The minimum Gasteiger partial charge on any atom is -0.389 e. The van der Waals surface area contributed by atoms with Gasteiger partial charge in [-0.2, -0.15) is 0 Å². The van der Waals surface area contributed by atoms with Gasteiger partial charge in [0.25, 0.3) is 0 Å². The fourth-order valence-corrected chi connectivity index (χ4v) is 3.97. The normalized spacial score (nSPS) is 21.9. The zero-order valence-corrected chi connectivity index (χ0v) is 15.2. The summed E-state index contributed by atoms with van der Waals surface area (Å²) in [5.41, 5.74) is -0.766. The molecule has 6 nitrogen and oxygen atoms in total. The van der Waals surface area contributed by atoms with Crippen LogP contribution in [0.2, 0.25) is 0 Å². The highest BCUT2D eigenvalue weighted by atomic mass is 16.3. The van der Waals surface area contributed by atoms with Crippen LogP contribution in [-0.2, 0) is 4.79 Å². The van der Waals surface area contributed by atoms with Gasteiger partial charge in [-0.25, -0.2) is 4.98 Å². The van der Waals surface area contributed by atoms with Gasteiger partial charge in [-0.1, -0.05) is 18.9 Å². The molecule has 2 heterocycles. The summed E-state index contributed by atoms with van der Waals surface area (Å²) in [4.78, 5) is 21.3. The maximum absolute atomic E-state index is 12.2. The van der Waals surface area contributed by atoms with Crippen LogP contribution in [0.4, 0.5) is 5.82 Å². The predicted octanol–water partition coefficient (Wildman–Crippen LogP) is 1.40. The Labute approximate surface area is 150 Å². The van der Waals surface area contributed by atoms with Gasteiger partial charge in [0.05, 0.1) is 12.0 Å². The molecule has 6 heteroatoms. The summed E-state index contributed by atoms with van der Waals surface area (Å²) in [7, 11) is 0. The number of carbonyl (C=O) groups is 1. The number of anilines is 1. The molecule has 0 spiro atoms. The van der Waals surface area contributed by atoms with Gasteiger partial charge >= 0.3 is 0 Å². The van der Waals surface area contributed by atoms with Crippen LogP contribution in [0.1, 0.15) is 39.0 Å². The largest absolute Gasteiger partial charge is 0.389 e. The summed E-state index contributed by atoms with van der Waals surface area (Å²) in [6.07, 6.45) is 5.64. The number of nitrogens with one attached hydrogen (secondary N) is 1. The molecule has 0 bridgehead atoms. The number of nitrogens with zero attached hydrogens (tertiary/aromatic N) is 3. The van der Waals surface area contributed by atoms with Crippen LogP contribution in [0.15, 0.2) is 24.4 Å². The lowest BCUT2D eigenvalue weighted by Crippen LogP contribution is -2.51. The summed E-state index contributed by atoms with van der Waals surface area (Å²) >= 11 is 0. The molecule has 1 amide bonds. The second-order valence-electron chi connectivity index (χ2n) is 7.55. The number of hydrogen-bond donors (Lipinski definition) is 2. The third-order valence-electron chi connectivity index (χ3n) is 5.31. The summed E-state index contributed by atoms with van der Waals surface area (Å²) in [6, 6.07) is 6.10. The maximum Gasteiger partial charge on any atom is 0.223 e. The number of piperazine rings is 1. The summed E-state index contributed by atoms with van der Waals surface area (Å²) in [5.74, 6) is 1.01. The third-order valence-corrected chi connectivity index (χ3v) is 5.31. The predicted molar refractivity (Wildman–Crippen MR) is 98.5 cm³/mol. The van der Waals surface area contributed by atoms with Gasteiger partial charge in [0.1, 0.15) is 5.82 Å². The Kier molecular flexibility index (Phi) is 5.91. The van der Waals surface area contributed by atoms with Crippen molar-refractivity contribution < 1.29 is 9.90 Å². The molecule has 25 heavy (non-hydrogen) atoms. The quantitative estimate of drug-likeness (QED) is 0.815. The number of aliphatic hydroxyl groups is 1. The lowest BCUT2D eigenvalue weighted by molar-refractivity contribution is -0.126. The molecule has 1 aromatic heterocycles. The molecule has 1 aliphatic heterocycles. The average Bonchev–Trinajstić information content (AvgIpc) is 3.02. The van der Waals surface area contributed by atoms with Gasteiger partial charge in [-0.15, -0.1) is 0 Å². The van der Waals surface area contributed by atoms with Crippen molar-refractivity contribution in [2.24, 2.45) is 0 Å². The molecule has 1 unspecified atom stereocenters. The highest BCUT2D eigenvalue weighted by molar-refractivity contribution is 5.77. The van der Waals surface area contributed by atoms with Crippen LogP contribution in [-0.4, -0.2) is 65.3 Å². The minimum atomic E-state index is -0.766. The first kappa shape index (κ1) is 18.1. The summed E-state index contributed by atoms with van der Waals surface area (Å²) < 4.78 is 0. The van der Waals surface area contributed by atoms with E-state index in [0.29, 0.717) is 0 Å². The molecule has 2 aliphatic rings. The van der Waals surface area contributed by atoms with Crippen molar-refractivity contribution in [3.63, 3.8) is 0 Å². The number of carbonyl (C=O) groups excluding carboxylic acids is 1. The van der Waals surface area contributed by atoms with Gasteiger partial charge < -0.3 is 15.3 Å². The van der Waals surface area contributed by atoms with Gasteiger partial charge in [0.2, 0.25) is 5.91 Å². The second-order valence-corrected chi connectivity index (χ2v) is 7.55. The molecule has 1 saturated carbocycles. The fourth-order valence-electron chi connectivity index (χ4n) is 3.97. The molecule has 1 saturated heterocycles. The number of rotatable bonds is 6. The van der Waals surface area contributed by atoms with E-state index in [0.717, 1.165) is 64.2 Å². The lowest BCUT2D eigenvalue weighted by Gasteiger charge is -2.36. The Hall–Kier alpha value is -1.66. The first-order chi connectivity index (χ1) is 12.0. The number of pyridine rings is 1. The van der Waals surface area contributed by atoms with Crippen LogP contribution in [0.25, 0.3) is 0 Å². The molecule has 0 aromatic carbocycles. The smallest absolute Gasteiger partial charge is 0.223 e. The van der Waals surface area contributed by atoms with E-state index in [2.05, 4.69) is 20.1 Å². The van der Waals surface area contributed by atoms with Gasteiger partial charge in [-0.05, 0) is 31.9 Å². The molecule has 1 aromatic rings. The van der Waals surface area contributed by atoms with E-state index >= 15 is 0 Å². The van der Waals surface area contributed by atoms with Gasteiger partial charge in [0, 0.05) is 45.0 Å². The fraction of sp³-hybridized carbons (Fsp3) is 0.684. The monoisotopic (exact) mass is 346 g/mol. The van der Waals surface area contributed by atoms with Crippen molar-refractivity contribution in [1.29, 1.82) is 0 Å². The topological polar surface area (TPSA) is 68.7 Å². The number of aromatic nitrogens is 1. The van der Waals surface area contributed by atoms with E-state index in [1.165, 1.54) is 0 Å². The SMILES string of the molecule is CC(CN1CCN(c2ccccn2)CC1)NC(=O)CC1(O)CCCC1. The molecule has 0 radical (unpaired) electrons. The van der Waals surface area contributed by atoms with Crippen molar-refractivity contribution in [1.82, 2.24) is 15.2 Å². The Morgan fingerprint density at radius 1 is 1.28 bits per heavy atom. The van der Waals surface area contributed by atoms with E-state index in [9.17, 15) is 9.90 Å². The zero-order chi connectivity index (χ0) is 17.7. The molecule has 3 rings (SSSR count). The van der Waals surface area contributed by atoms with Crippen LogP contribution >= 0.6 is 0 Å². The molecular formula is C19H30N4O2. The Balaban J connectivity index is 1.39. The number of hydrogen-bond acceptors (Lipinski definition) is 5. The Morgan fingerprint density at radius 2 is 2.00 bits per heavy atom. The van der Waals surface area contributed by atoms with Crippen LogP contribution in [0.5, 0.6) is 0 Å². The molecule has 2 N–H and O–H groups in total. The van der Waals surface area contributed by atoms with Crippen molar-refractivity contribution >= 4 is 11.7 Å². The van der Waals surface area contributed by atoms with E-state index in [1.54, 1.807) is 0 Å². The molecule has 1 atom stereocenters. The van der Waals surface area contributed by atoms with Crippen molar-refractivity contribution in [3.8, 4) is 0 Å². The van der Waals surface area contributed by atoms with Crippen molar-refractivity contribution in [2.45, 2.75) is 50.7 Å². The molecule has 1 aliphatic carbocycles. The van der Waals surface area contributed by atoms with Crippen molar-refractivity contribution in [2.75, 3.05) is 37.6 Å². The van der Waals surface area contributed by atoms with E-state index < -0.39 is 5.60 Å². The highest BCUT2D eigenvalue weighted by Gasteiger charge is 2.33. The van der Waals surface area contributed by atoms with Gasteiger partial charge in [-0.3, -0.25) is 9.69 Å². The summed E-state index contributed by atoms with van der Waals surface area (Å²) in [6.45, 7) is 6.75. The highest BCUT2D eigenvalue weighted by Crippen LogP contribution is 2.32. The van der Waals surface area contributed by atoms with E-state index in [-0.39, 0.29) is 18.4 Å². The van der Waals surface area contributed by atoms with Crippen molar-refractivity contribution in [3.05, 3.63) is 24.4 Å². The summed E-state index contributed by atoms with van der Waals surface area (Å²) in [5, 5.41) is 13.4. The molecular weight excluding hydrogens is 316 g/mol. The first-order valence-corrected chi connectivity index (χ1v) is 9.44. The van der Waals surface area contributed by atoms with Crippen LogP contribution in [0, 0.1) is 0 Å². The van der Waals surface area contributed by atoms with Gasteiger partial charge in [0.15, 0.2) is 0 Å². The average molecular weight is 346 g/mol. The lowest BCUT2D eigenvalue weighted by atomic mass is 9.97. The van der Waals surface area contributed by atoms with E-state index in [4.69, 9.17) is 0 Å². The van der Waals surface area contributed by atoms with E-state index in [1.807, 2.05) is 31.3 Å². The standard InChI is InChI=1S/C19H30N4O2/c1-16(21-18(24)14-19(25)7-3-4-8-19)15-22-10-12-23(13-11-22)17-6-2-5-9-20-17/h2,5-6,9,16,25H,3-4,7-8,10-15H2,1H3,(H,21,24).